The van der Waals surface area contributed by atoms with Crippen molar-refractivity contribution in [1.82, 2.24) is 10.3 Å². The monoisotopic (exact) mass is 379 g/mol. The fourth-order valence-corrected chi connectivity index (χ4v) is 4.09. The molecular weight excluding hydrogens is 356 g/mol. The summed E-state index contributed by atoms with van der Waals surface area (Å²) < 4.78 is 26.5. The minimum absolute atomic E-state index is 0.0850. The highest BCUT2D eigenvalue weighted by Gasteiger charge is 2.25. The molecule has 0 saturated carbocycles. The van der Waals surface area contributed by atoms with E-state index in [0.717, 1.165) is 29.7 Å². The van der Waals surface area contributed by atoms with Gasteiger partial charge in [-0.2, -0.15) is 0 Å². The zero-order valence-corrected chi connectivity index (χ0v) is 16.0. The van der Waals surface area contributed by atoms with E-state index in [2.05, 4.69) is 24.1 Å². The lowest BCUT2D eigenvalue weighted by Gasteiger charge is -2.19. The SMILES string of the molecule is Cc1nc(C(C)C)sc1C(=O)NC[C@@H]1CCN(c2ccc(F)c(F)c2)C1. The van der Waals surface area contributed by atoms with Gasteiger partial charge in [0.25, 0.3) is 5.91 Å². The number of carbonyl (C=O) groups is 1. The van der Waals surface area contributed by atoms with E-state index in [9.17, 15) is 13.6 Å². The third-order valence-electron chi connectivity index (χ3n) is 4.62. The molecule has 1 aromatic heterocycles. The first-order chi connectivity index (χ1) is 12.3. The highest BCUT2D eigenvalue weighted by molar-refractivity contribution is 7.13. The van der Waals surface area contributed by atoms with Crippen molar-refractivity contribution in [1.29, 1.82) is 0 Å². The molecule has 0 spiro atoms. The largest absolute Gasteiger partial charge is 0.371 e. The molecule has 2 heterocycles. The van der Waals surface area contributed by atoms with Gasteiger partial charge in [0.15, 0.2) is 11.6 Å². The molecule has 140 valence electrons. The average Bonchev–Trinajstić information content (AvgIpc) is 3.22. The van der Waals surface area contributed by atoms with Gasteiger partial charge in [-0.3, -0.25) is 4.79 Å². The summed E-state index contributed by atoms with van der Waals surface area (Å²) in [5, 5.41) is 3.97. The number of halogens is 2. The lowest BCUT2D eigenvalue weighted by molar-refractivity contribution is 0.0951. The van der Waals surface area contributed by atoms with E-state index in [1.807, 2.05) is 11.8 Å². The minimum atomic E-state index is -0.836. The molecule has 1 aliphatic rings. The van der Waals surface area contributed by atoms with Gasteiger partial charge in [0.2, 0.25) is 0 Å². The van der Waals surface area contributed by atoms with E-state index in [4.69, 9.17) is 0 Å². The number of hydrogen-bond donors (Lipinski definition) is 1. The molecule has 4 nitrogen and oxygen atoms in total. The smallest absolute Gasteiger partial charge is 0.263 e. The number of nitrogens with one attached hydrogen (secondary N) is 1. The summed E-state index contributed by atoms with van der Waals surface area (Å²) in [6.45, 7) is 8.02. The average molecular weight is 379 g/mol. The maximum absolute atomic E-state index is 13.4. The van der Waals surface area contributed by atoms with Crippen LogP contribution in [0.2, 0.25) is 0 Å². The van der Waals surface area contributed by atoms with Crippen LogP contribution in [0.4, 0.5) is 14.5 Å². The molecule has 0 aliphatic carbocycles. The third kappa shape index (κ3) is 4.03. The number of carbonyl (C=O) groups excluding carboxylic acids is 1. The van der Waals surface area contributed by atoms with Gasteiger partial charge in [0, 0.05) is 37.3 Å². The Kier molecular flexibility index (Phi) is 5.55. The van der Waals surface area contributed by atoms with Crippen LogP contribution in [0.15, 0.2) is 18.2 Å². The Bertz CT molecular complexity index is 806. The molecule has 1 amide bonds. The predicted octanol–water partition coefficient (Wildman–Crippen LogP) is 4.11. The van der Waals surface area contributed by atoms with Gasteiger partial charge in [-0.1, -0.05) is 13.8 Å². The van der Waals surface area contributed by atoms with E-state index < -0.39 is 11.6 Å². The summed E-state index contributed by atoms with van der Waals surface area (Å²) >= 11 is 1.45. The van der Waals surface area contributed by atoms with Crippen LogP contribution in [0.5, 0.6) is 0 Å². The lowest BCUT2D eigenvalue weighted by atomic mass is 10.1. The molecule has 1 aromatic carbocycles. The van der Waals surface area contributed by atoms with Crippen LogP contribution >= 0.6 is 11.3 Å². The molecule has 1 N–H and O–H groups in total. The Morgan fingerprint density at radius 3 is 2.81 bits per heavy atom. The summed E-state index contributed by atoms with van der Waals surface area (Å²) in [5.74, 6) is -1.17. The Morgan fingerprint density at radius 1 is 1.38 bits per heavy atom. The fraction of sp³-hybridized carbons (Fsp3) is 0.474. The molecule has 1 saturated heterocycles. The Labute approximate surface area is 156 Å². The summed E-state index contributed by atoms with van der Waals surface area (Å²) in [5.41, 5.74) is 1.45. The van der Waals surface area contributed by atoms with Crippen molar-refractivity contribution >= 4 is 22.9 Å². The van der Waals surface area contributed by atoms with Gasteiger partial charge in [-0.05, 0) is 31.4 Å². The molecule has 0 unspecified atom stereocenters. The molecule has 2 aromatic rings. The topological polar surface area (TPSA) is 45.2 Å². The predicted molar refractivity (Wildman–Crippen MR) is 100.0 cm³/mol. The number of nitrogens with zero attached hydrogens (tertiary/aromatic N) is 2. The summed E-state index contributed by atoms with van der Waals surface area (Å²) in [7, 11) is 0. The molecule has 26 heavy (non-hydrogen) atoms. The first-order valence-corrected chi connectivity index (χ1v) is 9.62. The number of benzene rings is 1. The van der Waals surface area contributed by atoms with Gasteiger partial charge in [-0.25, -0.2) is 13.8 Å². The van der Waals surface area contributed by atoms with E-state index >= 15 is 0 Å². The summed E-state index contributed by atoms with van der Waals surface area (Å²) in [6, 6.07) is 3.97. The van der Waals surface area contributed by atoms with Crippen LogP contribution in [-0.4, -0.2) is 30.5 Å². The second-order valence-electron chi connectivity index (χ2n) is 7.03. The quantitative estimate of drug-likeness (QED) is 0.850. The molecule has 0 bridgehead atoms. The highest BCUT2D eigenvalue weighted by atomic mass is 32.1. The van der Waals surface area contributed by atoms with Crippen LogP contribution in [0.25, 0.3) is 0 Å². The van der Waals surface area contributed by atoms with Crippen molar-refractivity contribution in [3.05, 3.63) is 45.4 Å². The maximum Gasteiger partial charge on any atom is 0.263 e. The number of rotatable bonds is 5. The van der Waals surface area contributed by atoms with Gasteiger partial charge in [0.05, 0.1) is 10.7 Å². The van der Waals surface area contributed by atoms with Crippen molar-refractivity contribution in [3.8, 4) is 0 Å². The third-order valence-corrected chi connectivity index (χ3v) is 6.08. The summed E-state index contributed by atoms with van der Waals surface area (Å²) in [4.78, 5) is 19.6. The number of thiazole rings is 1. The lowest BCUT2D eigenvalue weighted by Crippen LogP contribution is -2.31. The Morgan fingerprint density at radius 2 is 2.15 bits per heavy atom. The molecule has 7 heteroatoms. The molecule has 3 rings (SSSR count). The van der Waals surface area contributed by atoms with E-state index in [-0.39, 0.29) is 11.8 Å². The maximum atomic E-state index is 13.4. The Balaban J connectivity index is 1.56. The second kappa shape index (κ2) is 7.70. The van der Waals surface area contributed by atoms with Crippen molar-refractivity contribution < 1.29 is 13.6 Å². The molecular formula is C19H23F2N3OS. The first-order valence-electron chi connectivity index (χ1n) is 8.80. The van der Waals surface area contributed by atoms with E-state index in [0.29, 0.717) is 29.6 Å². The number of hydrogen-bond acceptors (Lipinski definition) is 4. The van der Waals surface area contributed by atoms with Crippen molar-refractivity contribution in [2.24, 2.45) is 5.92 Å². The number of amides is 1. The second-order valence-corrected chi connectivity index (χ2v) is 8.06. The molecule has 1 fully saturated rings. The van der Waals surface area contributed by atoms with Gasteiger partial charge in [0.1, 0.15) is 4.88 Å². The van der Waals surface area contributed by atoms with Crippen LogP contribution < -0.4 is 10.2 Å². The molecule has 1 atom stereocenters. The minimum Gasteiger partial charge on any atom is -0.371 e. The number of aryl methyl sites for hydroxylation is 1. The Hall–Kier alpha value is -2.02. The van der Waals surface area contributed by atoms with Crippen LogP contribution in [-0.2, 0) is 0 Å². The summed E-state index contributed by atoms with van der Waals surface area (Å²) in [6.07, 6.45) is 0.901. The zero-order valence-electron chi connectivity index (χ0n) is 15.2. The van der Waals surface area contributed by atoms with Crippen LogP contribution in [0, 0.1) is 24.5 Å². The van der Waals surface area contributed by atoms with Gasteiger partial charge >= 0.3 is 0 Å². The molecule has 1 aliphatic heterocycles. The fourth-order valence-electron chi connectivity index (χ4n) is 3.11. The number of anilines is 1. The standard InChI is InChI=1S/C19H23F2N3OS/c1-11(2)19-23-12(3)17(26-19)18(25)22-9-13-6-7-24(10-13)14-4-5-15(20)16(21)8-14/h4-5,8,11,13H,6-7,9-10H2,1-3H3,(H,22,25)/t13-/m0/s1. The molecule has 0 radical (unpaired) electrons. The van der Waals surface area contributed by atoms with Gasteiger partial charge < -0.3 is 10.2 Å². The zero-order chi connectivity index (χ0) is 18.8. The van der Waals surface area contributed by atoms with Gasteiger partial charge in [-0.15, -0.1) is 11.3 Å². The highest BCUT2D eigenvalue weighted by Crippen LogP contribution is 2.26. The number of aromatic nitrogens is 1. The van der Waals surface area contributed by atoms with Crippen molar-refractivity contribution in [2.45, 2.75) is 33.1 Å². The van der Waals surface area contributed by atoms with Crippen molar-refractivity contribution in [2.75, 3.05) is 24.5 Å². The van der Waals surface area contributed by atoms with Crippen molar-refractivity contribution in [3.63, 3.8) is 0 Å². The van der Waals surface area contributed by atoms with Crippen LogP contribution in [0.3, 0.4) is 0 Å². The first kappa shape index (κ1) is 18.8. The normalized spacial score (nSPS) is 17.2. The van der Waals surface area contributed by atoms with E-state index in [1.54, 1.807) is 6.07 Å². The van der Waals surface area contributed by atoms with Crippen LogP contribution in [0.1, 0.15) is 46.6 Å². The van der Waals surface area contributed by atoms with E-state index in [1.165, 1.54) is 17.4 Å².